The van der Waals surface area contributed by atoms with E-state index < -0.39 is 11.0 Å². The van der Waals surface area contributed by atoms with Gasteiger partial charge < -0.3 is 16.6 Å². The molecule has 1 atom stereocenters. The molecule has 5 N–H and O–H groups in total. The number of halogens is 1. The molecule has 0 aliphatic carbocycles. The molecule has 94 valence electrons. The third kappa shape index (κ3) is 4.79. The van der Waals surface area contributed by atoms with Gasteiger partial charge in [0, 0.05) is 12.1 Å². The summed E-state index contributed by atoms with van der Waals surface area (Å²) in [4.78, 5) is 13.5. The van der Waals surface area contributed by atoms with E-state index in [1.54, 1.807) is 0 Å². The monoisotopic (exact) mass is 304 g/mol. The van der Waals surface area contributed by atoms with Crippen molar-refractivity contribution in [1.82, 2.24) is 0 Å². The number of rotatable bonds is 4. The fourth-order valence-electron chi connectivity index (χ4n) is 1.12. The Morgan fingerprint density at radius 1 is 1.41 bits per heavy atom. The molecule has 0 aromatic heterocycles. The number of aliphatic hydroxyl groups excluding tert-OH is 1. The van der Waals surface area contributed by atoms with Gasteiger partial charge in [0.2, 0.25) is 0 Å². The highest BCUT2D eigenvalue weighted by Crippen LogP contribution is 2.17. The Labute approximate surface area is 108 Å². The van der Waals surface area contributed by atoms with Crippen LogP contribution in [0.25, 0.3) is 0 Å². The molecule has 0 heterocycles. The lowest BCUT2D eigenvalue weighted by Gasteiger charge is -2.07. The second-order valence-corrected chi connectivity index (χ2v) is 3.13. The van der Waals surface area contributed by atoms with E-state index in [-0.39, 0.29) is 35.2 Å². The number of hydrogen-bond donors (Lipinski definition) is 3. The van der Waals surface area contributed by atoms with Crippen LogP contribution in [0.5, 0.6) is 0 Å². The van der Waals surface area contributed by atoms with Crippen molar-refractivity contribution in [1.29, 1.82) is 0 Å². The van der Waals surface area contributed by atoms with Crippen LogP contribution in [0, 0.1) is 10.1 Å². The molecule has 7 nitrogen and oxygen atoms in total. The fourth-order valence-corrected chi connectivity index (χ4v) is 1.12. The third-order valence-corrected chi connectivity index (χ3v) is 1.94. The van der Waals surface area contributed by atoms with Gasteiger partial charge in [-0.15, -0.1) is 17.0 Å². The van der Waals surface area contributed by atoms with E-state index in [1.165, 1.54) is 24.3 Å². The summed E-state index contributed by atoms with van der Waals surface area (Å²) >= 11 is 0. The van der Waals surface area contributed by atoms with Gasteiger partial charge in [0.1, 0.15) is 0 Å². The highest BCUT2D eigenvalue weighted by molar-refractivity contribution is 8.93. The van der Waals surface area contributed by atoms with Crippen LogP contribution >= 0.6 is 17.0 Å². The first-order chi connectivity index (χ1) is 7.50. The molecule has 0 bridgehead atoms. The van der Waals surface area contributed by atoms with Gasteiger partial charge in [-0.1, -0.05) is 0 Å². The number of guanidine groups is 1. The summed E-state index contributed by atoms with van der Waals surface area (Å²) in [5.74, 6) is -0.110. The summed E-state index contributed by atoms with van der Waals surface area (Å²) in [5, 5.41) is 20.0. The van der Waals surface area contributed by atoms with Crippen molar-refractivity contribution in [2.45, 2.75) is 6.10 Å². The minimum Gasteiger partial charge on any atom is -0.386 e. The van der Waals surface area contributed by atoms with Crippen LogP contribution in [0.4, 0.5) is 5.69 Å². The predicted octanol–water partition coefficient (Wildman–Crippen LogP) is 0.479. The van der Waals surface area contributed by atoms with Crippen LogP contribution in [-0.4, -0.2) is 22.5 Å². The average Bonchev–Trinajstić information content (AvgIpc) is 2.26. The van der Waals surface area contributed by atoms with Crippen LogP contribution in [-0.2, 0) is 0 Å². The Morgan fingerprint density at radius 3 is 2.35 bits per heavy atom. The first kappa shape index (κ1) is 15.3. The number of non-ortho nitro benzene ring substituents is 1. The van der Waals surface area contributed by atoms with Gasteiger partial charge in [-0.25, -0.2) is 0 Å². The maximum absolute atomic E-state index is 10.4. The van der Waals surface area contributed by atoms with E-state index in [0.717, 1.165) is 0 Å². The zero-order valence-corrected chi connectivity index (χ0v) is 10.5. The molecule has 0 saturated carbocycles. The number of benzene rings is 1. The summed E-state index contributed by atoms with van der Waals surface area (Å²) in [6.45, 7) is 0.0279. The molecule has 1 unspecified atom stereocenters. The average molecular weight is 305 g/mol. The van der Waals surface area contributed by atoms with E-state index in [1.807, 2.05) is 0 Å². The van der Waals surface area contributed by atoms with E-state index in [9.17, 15) is 15.2 Å². The SMILES string of the molecule is Br.NC(N)=NCC(O)c1ccc([N+](=O)[O-])cc1. The van der Waals surface area contributed by atoms with E-state index in [0.29, 0.717) is 5.56 Å². The number of aliphatic hydroxyl groups is 1. The topological polar surface area (TPSA) is 128 Å². The number of nitrogens with zero attached hydrogens (tertiary/aromatic N) is 2. The molecule has 1 rings (SSSR count). The van der Waals surface area contributed by atoms with Crippen molar-refractivity contribution in [3.8, 4) is 0 Å². The van der Waals surface area contributed by atoms with Crippen molar-refractivity contribution in [3.05, 3.63) is 39.9 Å². The minimum absolute atomic E-state index is 0. The molecule has 0 amide bonds. The molecule has 0 fully saturated rings. The Hall–Kier alpha value is -1.67. The van der Waals surface area contributed by atoms with E-state index in [4.69, 9.17) is 11.5 Å². The number of nitro benzene ring substituents is 1. The van der Waals surface area contributed by atoms with Gasteiger partial charge >= 0.3 is 0 Å². The smallest absolute Gasteiger partial charge is 0.269 e. The summed E-state index contributed by atoms with van der Waals surface area (Å²) in [7, 11) is 0. The largest absolute Gasteiger partial charge is 0.386 e. The van der Waals surface area contributed by atoms with Crippen molar-refractivity contribution < 1.29 is 10.0 Å². The Morgan fingerprint density at radius 2 is 1.94 bits per heavy atom. The minimum atomic E-state index is -0.872. The highest BCUT2D eigenvalue weighted by Gasteiger charge is 2.09. The molecule has 0 radical (unpaired) electrons. The Balaban J connectivity index is 0.00000256. The fraction of sp³-hybridized carbons (Fsp3) is 0.222. The van der Waals surface area contributed by atoms with Crippen LogP contribution < -0.4 is 11.5 Å². The molecule has 17 heavy (non-hydrogen) atoms. The molecule has 0 aliphatic rings. The van der Waals surface area contributed by atoms with Crippen molar-refractivity contribution in [2.75, 3.05) is 6.54 Å². The zero-order chi connectivity index (χ0) is 12.1. The molecule has 1 aromatic rings. The Bertz CT molecular complexity index is 403. The van der Waals surface area contributed by atoms with E-state index in [2.05, 4.69) is 4.99 Å². The molecular weight excluding hydrogens is 292 g/mol. The summed E-state index contributed by atoms with van der Waals surface area (Å²) in [6.07, 6.45) is -0.872. The van der Waals surface area contributed by atoms with Crippen molar-refractivity contribution in [2.24, 2.45) is 16.5 Å². The van der Waals surface area contributed by atoms with Crippen molar-refractivity contribution >= 4 is 28.6 Å². The number of nitro groups is 1. The maximum Gasteiger partial charge on any atom is 0.269 e. The summed E-state index contributed by atoms with van der Waals surface area (Å²) in [5.41, 5.74) is 10.7. The second-order valence-electron chi connectivity index (χ2n) is 3.13. The number of hydrogen-bond acceptors (Lipinski definition) is 4. The van der Waals surface area contributed by atoms with Gasteiger partial charge in [-0.2, -0.15) is 0 Å². The summed E-state index contributed by atoms with van der Waals surface area (Å²) in [6, 6.07) is 5.55. The normalized spacial score (nSPS) is 11.1. The third-order valence-electron chi connectivity index (χ3n) is 1.94. The van der Waals surface area contributed by atoms with Crippen LogP contribution in [0.3, 0.4) is 0 Å². The lowest BCUT2D eigenvalue weighted by Crippen LogP contribution is -2.23. The lowest BCUT2D eigenvalue weighted by molar-refractivity contribution is -0.384. The van der Waals surface area contributed by atoms with Crippen LogP contribution in [0.2, 0.25) is 0 Å². The summed E-state index contributed by atoms with van der Waals surface area (Å²) < 4.78 is 0. The van der Waals surface area contributed by atoms with Crippen molar-refractivity contribution in [3.63, 3.8) is 0 Å². The Kier molecular flexibility index (Phi) is 6.15. The number of aliphatic imine (C=N–C) groups is 1. The predicted molar refractivity (Wildman–Crippen MR) is 69.1 cm³/mol. The standard InChI is InChI=1S/C9H12N4O3.BrH/c10-9(11)12-5-8(14)6-1-3-7(4-2-6)13(15)16;/h1-4,8,14H,5H2,(H4,10,11,12);1H. The first-order valence-corrected chi connectivity index (χ1v) is 4.48. The van der Waals surface area contributed by atoms with Crippen LogP contribution in [0.1, 0.15) is 11.7 Å². The lowest BCUT2D eigenvalue weighted by atomic mass is 10.1. The molecule has 8 heteroatoms. The van der Waals surface area contributed by atoms with E-state index >= 15 is 0 Å². The van der Waals surface area contributed by atoms with Gasteiger partial charge in [-0.05, 0) is 17.7 Å². The second kappa shape index (κ2) is 6.81. The first-order valence-electron chi connectivity index (χ1n) is 4.48. The van der Waals surface area contributed by atoms with Gasteiger partial charge in [0.05, 0.1) is 17.6 Å². The van der Waals surface area contributed by atoms with Gasteiger partial charge in [-0.3, -0.25) is 15.1 Å². The molecule has 0 aliphatic heterocycles. The molecule has 0 spiro atoms. The maximum atomic E-state index is 10.4. The quantitative estimate of drug-likeness (QED) is 0.322. The molecular formula is C9H13BrN4O3. The van der Waals surface area contributed by atoms with Gasteiger partial charge in [0.25, 0.3) is 5.69 Å². The molecule has 1 aromatic carbocycles. The highest BCUT2D eigenvalue weighted by atomic mass is 79.9. The van der Waals surface area contributed by atoms with Gasteiger partial charge in [0.15, 0.2) is 5.96 Å². The van der Waals surface area contributed by atoms with Crippen LogP contribution in [0.15, 0.2) is 29.3 Å². The molecule has 0 saturated heterocycles. The number of nitrogens with two attached hydrogens (primary N) is 2. The zero-order valence-electron chi connectivity index (χ0n) is 8.81.